The number of aliphatic hydroxyl groups excluding tert-OH is 1. The predicted octanol–water partition coefficient (Wildman–Crippen LogP) is 7.65. The van der Waals surface area contributed by atoms with Crippen LogP contribution >= 0.6 is 0 Å². The predicted molar refractivity (Wildman–Crippen MR) is 151 cm³/mol. The molecule has 37 heavy (non-hydrogen) atoms. The van der Waals surface area contributed by atoms with Gasteiger partial charge in [0.05, 0.1) is 5.54 Å². The first-order valence-electron chi connectivity index (χ1n) is 12.4. The fourth-order valence-electron chi connectivity index (χ4n) is 4.66. The summed E-state index contributed by atoms with van der Waals surface area (Å²) >= 11 is 0. The Hall–Kier alpha value is -4.47. The van der Waals surface area contributed by atoms with Crippen LogP contribution in [0, 0.1) is 0 Å². The molecule has 0 radical (unpaired) electrons. The van der Waals surface area contributed by atoms with Gasteiger partial charge in [0.2, 0.25) is 0 Å². The van der Waals surface area contributed by atoms with E-state index in [4.69, 9.17) is 0 Å². The minimum atomic E-state index is -1.23. The number of hydrogen-bond acceptors (Lipinski definition) is 3. The number of benzene rings is 5. The molecule has 5 aromatic carbocycles. The van der Waals surface area contributed by atoms with Crippen molar-refractivity contribution in [3.8, 4) is 11.1 Å². The van der Waals surface area contributed by atoms with Crippen molar-refractivity contribution in [3.63, 3.8) is 0 Å². The summed E-state index contributed by atoms with van der Waals surface area (Å²) in [4.78, 5) is 13.0. The second-order valence-electron chi connectivity index (χ2n) is 9.31. The van der Waals surface area contributed by atoms with Crippen LogP contribution in [0.4, 0.5) is 5.69 Å². The topological polar surface area (TPSA) is 49.3 Å². The molecule has 182 valence electrons. The first kappa shape index (κ1) is 24.2. The third-order valence-electron chi connectivity index (χ3n) is 6.85. The maximum atomic E-state index is 13.0. The van der Waals surface area contributed by atoms with Crippen LogP contribution in [0.25, 0.3) is 11.1 Å². The van der Waals surface area contributed by atoms with Crippen LogP contribution in [-0.2, 0) is 5.54 Å². The number of anilines is 1. The molecule has 3 heteroatoms. The molecular formula is C34H29NO2. The van der Waals surface area contributed by atoms with Gasteiger partial charge in [0.15, 0.2) is 5.78 Å². The number of ketones is 1. The summed E-state index contributed by atoms with van der Waals surface area (Å²) in [6.45, 7) is 2.16. The fraction of sp³-hybridized carbons (Fsp3) is 0.0882. The SMILES string of the molecule is CC(Nc1ccc(C(O)C(=O)c2ccc(-c3ccccc3)cc2)cc1)(c1ccccc1)c1ccccc1. The first-order chi connectivity index (χ1) is 18.0. The van der Waals surface area contributed by atoms with Gasteiger partial charge in [-0.2, -0.15) is 0 Å². The molecule has 1 unspecified atom stereocenters. The van der Waals surface area contributed by atoms with Crippen LogP contribution in [0.1, 0.15) is 40.1 Å². The van der Waals surface area contributed by atoms with Crippen molar-refractivity contribution in [3.05, 3.63) is 162 Å². The minimum Gasteiger partial charge on any atom is -0.380 e. The Balaban J connectivity index is 1.34. The molecular weight excluding hydrogens is 454 g/mol. The largest absolute Gasteiger partial charge is 0.380 e. The van der Waals surface area contributed by atoms with Crippen molar-refractivity contribution >= 4 is 11.5 Å². The summed E-state index contributed by atoms with van der Waals surface area (Å²) in [7, 11) is 0. The number of carbonyl (C=O) groups is 1. The summed E-state index contributed by atoms with van der Waals surface area (Å²) in [5.41, 5.74) is 5.87. The van der Waals surface area contributed by atoms with Crippen LogP contribution in [0.3, 0.4) is 0 Å². The molecule has 0 spiro atoms. The van der Waals surface area contributed by atoms with E-state index in [0.29, 0.717) is 11.1 Å². The highest BCUT2D eigenvalue weighted by molar-refractivity contribution is 6.00. The molecule has 0 amide bonds. The van der Waals surface area contributed by atoms with Crippen molar-refractivity contribution < 1.29 is 9.90 Å². The standard InChI is InChI=1S/C34H29NO2/c1-34(29-13-7-3-8-14-29,30-15-9-4-10-16-30)35-31-23-21-28(22-24-31)33(37)32(36)27-19-17-26(18-20-27)25-11-5-2-6-12-25/h2-24,33,35,37H,1H3. The Morgan fingerprint density at radius 3 is 1.59 bits per heavy atom. The molecule has 0 saturated carbocycles. The highest BCUT2D eigenvalue weighted by Crippen LogP contribution is 2.34. The molecule has 5 rings (SSSR count). The fourth-order valence-corrected chi connectivity index (χ4v) is 4.66. The Bertz CT molecular complexity index is 1410. The van der Waals surface area contributed by atoms with Gasteiger partial charge in [0.1, 0.15) is 6.10 Å². The summed E-state index contributed by atoms with van der Waals surface area (Å²) in [6.07, 6.45) is -1.23. The summed E-state index contributed by atoms with van der Waals surface area (Å²) in [6, 6.07) is 45.4. The molecule has 0 aliphatic heterocycles. The average Bonchev–Trinajstić information content (AvgIpc) is 2.98. The molecule has 5 aromatic rings. The molecule has 0 aliphatic carbocycles. The van der Waals surface area contributed by atoms with E-state index in [9.17, 15) is 9.90 Å². The Kier molecular flexibility index (Phi) is 6.98. The average molecular weight is 484 g/mol. The monoisotopic (exact) mass is 483 g/mol. The van der Waals surface area contributed by atoms with E-state index in [1.807, 2.05) is 91.0 Å². The van der Waals surface area contributed by atoms with E-state index < -0.39 is 11.6 Å². The van der Waals surface area contributed by atoms with Gasteiger partial charge < -0.3 is 10.4 Å². The zero-order valence-corrected chi connectivity index (χ0v) is 20.7. The van der Waals surface area contributed by atoms with E-state index in [0.717, 1.165) is 27.9 Å². The molecule has 2 N–H and O–H groups in total. The van der Waals surface area contributed by atoms with Crippen molar-refractivity contribution in [2.45, 2.75) is 18.6 Å². The summed E-state index contributed by atoms with van der Waals surface area (Å²) in [5, 5.41) is 14.5. The lowest BCUT2D eigenvalue weighted by molar-refractivity contribution is 0.0747. The lowest BCUT2D eigenvalue weighted by atomic mass is 9.84. The van der Waals surface area contributed by atoms with E-state index in [1.54, 1.807) is 24.3 Å². The second kappa shape index (κ2) is 10.7. The van der Waals surface area contributed by atoms with E-state index in [2.05, 4.69) is 36.5 Å². The van der Waals surface area contributed by atoms with Crippen LogP contribution in [0.15, 0.2) is 140 Å². The number of aliphatic hydroxyl groups is 1. The quantitative estimate of drug-likeness (QED) is 0.223. The smallest absolute Gasteiger partial charge is 0.195 e. The Labute approximate surface area is 218 Å². The first-order valence-corrected chi connectivity index (χ1v) is 12.4. The van der Waals surface area contributed by atoms with Gasteiger partial charge in [-0.1, -0.05) is 127 Å². The number of rotatable bonds is 8. The van der Waals surface area contributed by atoms with Gasteiger partial charge in [-0.25, -0.2) is 0 Å². The zero-order chi connectivity index (χ0) is 25.7. The highest BCUT2D eigenvalue weighted by Gasteiger charge is 2.28. The van der Waals surface area contributed by atoms with Crippen molar-refractivity contribution in [1.82, 2.24) is 0 Å². The summed E-state index contributed by atoms with van der Waals surface area (Å²) in [5.74, 6) is -0.321. The van der Waals surface area contributed by atoms with E-state index in [-0.39, 0.29) is 5.78 Å². The van der Waals surface area contributed by atoms with Crippen LogP contribution < -0.4 is 5.32 Å². The van der Waals surface area contributed by atoms with Crippen molar-refractivity contribution in [1.29, 1.82) is 0 Å². The Morgan fingerprint density at radius 2 is 1.08 bits per heavy atom. The van der Waals surface area contributed by atoms with Crippen molar-refractivity contribution in [2.75, 3.05) is 5.32 Å². The van der Waals surface area contributed by atoms with Gasteiger partial charge in [-0.3, -0.25) is 4.79 Å². The lowest BCUT2D eigenvalue weighted by Gasteiger charge is -2.33. The van der Waals surface area contributed by atoms with E-state index in [1.165, 1.54) is 0 Å². The van der Waals surface area contributed by atoms with Gasteiger partial charge >= 0.3 is 0 Å². The highest BCUT2D eigenvalue weighted by atomic mass is 16.3. The lowest BCUT2D eigenvalue weighted by Crippen LogP contribution is -2.33. The van der Waals surface area contributed by atoms with Crippen LogP contribution in [0.2, 0.25) is 0 Å². The number of carbonyl (C=O) groups excluding carboxylic acids is 1. The van der Waals surface area contributed by atoms with Gasteiger partial charge in [0, 0.05) is 11.3 Å². The Morgan fingerprint density at radius 1 is 0.622 bits per heavy atom. The van der Waals surface area contributed by atoms with Crippen molar-refractivity contribution in [2.24, 2.45) is 0 Å². The molecule has 0 heterocycles. The third kappa shape index (κ3) is 5.23. The van der Waals surface area contributed by atoms with Crippen LogP contribution in [0.5, 0.6) is 0 Å². The molecule has 3 nitrogen and oxygen atoms in total. The maximum absolute atomic E-state index is 13.0. The molecule has 0 fully saturated rings. The zero-order valence-electron chi connectivity index (χ0n) is 20.7. The van der Waals surface area contributed by atoms with Gasteiger partial charge in [-0.05, 0) is 46.9 Å². The molecule has 1 atom stereocenters. The number of Topliss-reactive ketones (excluding diaryl/α,β-unsaturated/α-hetero) is 1. The normalized spacial score (nSPS) is 12.1. The minimum absolute atomic E-state index is 0.321. The molecule has 0 bridgehead atoms. The maximum Gasteiger partial charge on any atom is 0.195 e. The van der Waals surface area contributed by atoms with E-state index >= 15 is 0 Å². The molecule has 0 aromatic heterocycles. The second-order valence-corrected chi connectivity index (χ2v) is 9.31. The molecule has 0 aliphatic rings. The number of hydrogen-bond donors (Lipinski definition) is 2. The number of nitrogens with one attached hydrogen (secondary N) is 1. The van der Waals surface area contributed by atoms with Gasteiger partial charge in [0.25, 0.3) is 0 Å². The third-order valence-corrected chi connectivity index (χ3v) is 6.85. The van der Waals surface area contributed by atoms with Crippen LogP contribution in [-0.4, -0.2) is 10.9 Å². The summed E-state index contributed by atoms with van der Waals surface area (Å²) < 4.78 is 0. The molecule has 0 saturated heterocycles. The van der Waals surface area contributed by atoms with Gasteiger partial charge in [-0.15, -0.1) is 0 Å².